The van der Waals surface area contributed by atoms with E-state index in [-0.39, 0.29) is 6.61 Å². The highest BCUT2D eigenvalue weighted by Crippen LogP contribution is 2.18. The molecule has 0 spiro atoms. The lowest BCUT2D eigenvalue weighted by atomic mass is 10.3. The van der Waals surface area contributed by atoms with Gasteiger partial charge < -0.3 is 15.8 Å². The molecule has 0 aliphatic carbocycles. The minimum Gasteiger partial charge on any atom is -0.396 e. The summed E-state index contributed by atoms with van der Waals surface area (Å²) in [4.78, 5) is 8.55. The number of anilines is 2. The number of aryl methyl sites for hydroxylation is 1. The summed E-state index contributed by atoms with van der Waals surface area (Å²) in [6.07, 6.45) is 0.845. The van der Waals surface area contributed by atoms with E-state index in [4.69, 9.17) is 10.9 Å². The molecule has 1 aromatic heterocycles. The fraction of sp³-hybridized carbons (Fsp3) is 0.636. The number of aliphatic hydroxyl groups is 1. The molecule has 102 valence electrons. The van der Waals surface area contributed by atoms with Gasteiger partial charge in [0.2, 0.25) is 0 Å². The van der Waals surface area contributed by atoms with Crippen LogP contribution in [0.1, 0.15) is 17.8 Å². The monoisotopic (exact) mass is 271 g/mol. The van der Waals surface area contributed by atoms with E-state index in [1.54, 1.807) is 0 Å². The summed E-state index contributed by atoms with van der Waals surface area (Å²) in [5, 5.41) is 11.9. The molecule has 7 heteroatoms. The second kappa shape index (κ2) is 8.12. The molecule has 0 bridgehead atoms. The van der Waals surface area contributed by atoms with Gasteiger partial charge in [-0.25, -0.2) is 15.8 Å². The molecule has 5 N–H and O–H groups in total. The Balaban J connectivity index is 2.44. The minimum absolute atomic E-state index is 0.260. The van der Waals surface area contributed by atoms with Crippen LogP contribution in [-0.4, -0.2) is 39.7 Å². The average molecular weight is 271 g/mol. The van der Waals surface area contributed by atoms with Gasteiger partial charge in [0.05, 0.1) is 0 Å². The molecule has 6 nitrogen and oxygen atoms in total. The molecule has 0 aromatic carbocycles. The maximum absolute atomic E-state index is 8.66. The number of hydrogen-bond acceptors (Lipinski definition) is 7. The number of nitrogens with zero attached hydrogens (tertiary/aromatic N) is 2. The summed E-state index contributed by atoms with van der Waals surface area (Å²) in [7, 11) is 0. The van der Waals surface area contributed by atoms with Crippen LogP contribution in [0.3, 0.4) is 0 Å². The lowest BCUT2D eigenvalue weighted by Gasteiger charge is -2.12. The van der Waals surface area contributed by atoms with Crippen LogP contribution in [0.2, 0.25) is 0 Å². The van der Waals surface area contributed by atoms with E-state index in [1.807, 2.05) is 25.6 Å². The van der Waals surface area contributed by atoms with Gasteiger partial charge in [-0.05, 0) is 26.0 Å². The average Bonchev–Trinajstić information content (AvgIpc) is 2.37. The quantitative estimate of drug-likeness (QED) is 0.317. The number of nitrogens with two attached hydrogens (primary N) is 1. The minimum atomic E-state index is 0.260. The Morgan fingerprint density at radius 1 is 1.22 bits per heavy atom. The first kappa shape index (κ1) is 15.0. The van der Waals surface area contributed by atoms with Crippen molar-refractivity contribution in [3.05, 3.63) is 11.4 Å². The van der Waals surface area contributed by atoms with Crippen LogP contribution < -0.4 is 16.6 Å². The second-order valence-corrected chi connectivity index (χ2v) is 5.08. The maximum Gasteiger partial charge on any atom is 0.148 e. The van der Waals surface area contributed by atoms with Gasteiger partial charge in [0.1, 0.15) is 17.5 Å². The first-order valence-corrected chi connectivity index (χ1v) is 7.08. The topological polar surface area (TPSA) is 96.1 Å². The van der Waals surface area contributed by atoms with E-state index >= 15 is 0 Å². The normalized spacial score (nSPS) is 10.4. The first-order valence-electron chi connectivity index (χ1n) is 5.93. The Labute approximate surface area is 112 Å². The zero-order valence-corrected chi connectivity index (χ0v) is 11.7. The zero-order chi connectivity index (χ0) is 13.4. The number of nitrogen functional groups attached to an aromatic ring is 1. The molecule has 0 saturated carbocycles. The van der Waals surface area contributed by atoms with Gasteiger partial charge in [0.15, 0.2) is 0 Å². The number of aromatic nitrogens is 2. The predicted octanol–water partition coefficient (Wildman–Crippen LogP) is 0.907. The third-order valence-electron chi connectivity index (χ3n) is 2.38. The summed E-state index contributed by atoms with van der Waals surface area (Å²) in [6, 6.07) is 0. The second-order valence-electron chi connectivity index (χ2n) is 3.85. The van der Waals surface area contributed by atoms with Crippen molar-refractivity contribution in [2.45, 2.75) is 20.3 Å². The summed E-state index contributed by atoms with van der Waals surface area (Å²) >= 11 is 1.81. The SMILES string of the molecule is Cc1nc(NN)c(C)c(NCCSCCCO)n1. The number of rotatable bonds is 8. The summed E-state index contributed by atoms with van der Waals surface area (Å²) in [6.45, 7) is 4.85. The number of nitrogens with one attached hydrogen (secondary N) is 2. The third kappa shape index (κ3) is 4.67. The molecule has 0 atom stereocenters. The van der Waals surface area contributed by atoms with Crippen LogP contribution in [0.15, 0.2) is 0 Å². The van der Waals surface area contributed by atoms with Gasteiger partial charge in [0, 0.05) is 24.5 Å². The first-order chi connectivity index (χ1) is 8.69. The Hall–Kier alpha value is -1.05. The zero-order valence-electron chi connectivity index (χ0n) is 10.9. The van der Waals surface area contributed by atoms with Crippen LogP contribution in [-0.2, 0) is 0 Å². The van der Waals surface area contributed by atoms with E-state index in [0.29, 0.717) is 11.6 Å². The van der Waals surface area contributed by atoms with E-state index in [2.05, 4.69) is 20.7 Å². The van der Waals surface area contributed by atoms with Crippen molar-refractivity contribution in [1.29, 1.82) is 0 Å². The molecule has 0 fully saturated rings. The molecule has 0 amide bonds. The number of thioether (sulfide) groups is 1. The van der Waals surface area contributed by atoms with Crippen molar-refractivity contribution in [3.63, 3.8) is 0 Å². The summed E-state index contributed by atoms with van der Waals surface area (Å²) in [5.74, 6) is 9.52. The molecule has 0 saturated heterocycles. The summed E-state index contributed by atoms with van der Waals surface area (Å²) in [5.41, 5.74) is 3.49. The molecule has 1 rings (SSSR count). The molecule has 0 unspecified atom stereocenters. The van der Waals surface area contributed by atoms with Gasteiger partial charge in [0.25, 0.3) is 0 Å². The van der Waals surface area contributed by atoms with Crippen LogP contribution in [0.4, 0.5) is 11.6 Å². The van der Waals surface area contributed by atoms with Crippen molar-refractivity contribution in [3.8, 4) is 0 Å². The summed E-state index contributed by atoms with van der Waals surface area (Å²) < 4.78 is 0. The highest BCUT2D eigenvalue weighted by Gasteiger charge is 2.07. The van der Waals surface area contributed by atoms with Gasteiger partial charge >= 0.3 is 0 Å². The smallest absolute Gasteiger partial charge is 0.148 e. The fourth-order valence-corrected chi connectivity index (χ4v) is 2.24. The van der Waals surface area contributed by atoms with Crippen LogP contribution in [0.5, 0.6) is 0 Å². The predicted molar refractivity (Wildman–Crippen MR) is 76.8 cm³/mol. The largest absolute Gasteiger partial charge is 0.396 e. The molecule has 0 aliphatic heterocycles. The molecular formula is C11H21N5OS. The fourth-order valence-electron chi connectivity index (χ4n) is 1.45. The molecule has 18 heavy (non-hydrogen) atoms. The van der Waals surface area contributed by atoms with Gasteiger partial charge in [-0.2, -0.15) is 11.8 Å². The van der Waals surface area contributed by atoms with Crippen LogP contribution in [0.25, 0.3) is 0 Å². The van der Waals surface area contributed by atoms with E-state index in [1.165, 1.54) is 0 Å². The van der Waals surface area contributed by atoms with E-state index in [9.17, 15) is 0 Å². The van der Waals surface area contributed by atoms with Crippen LogP contribution >= 0.6 is 11.8 Å². The Kier molecular flexibility index (Phi) is 6.77. The molecule has 1 heterocycles. The van der Waals surface area contributed by atoms with E-state index < -0.39 is 0 Å². The van der Waals surface area contributed by atoms with Crippen molar-refractivity contribution in [1.82, 2.24) is 9.97 Å². The van der Waals surface area contributed by atoms with Gasteiger partial charge in [-0.15, -0.1) is 0 Å². The number of hydrogen-bond donors (Lipinski definition) is 4. The Morgan fingerprint density at radius 3 is 2.61 bits per heavy atom. The van der Waals surface area contributed by atoms with Crippen molar-refractivity contribution in [2.75, 3.05) is 35.4 Å². The Bertz CT molecular complexity index is 375. The van der Waals surface area contributed by atoms with Crippen molar-refractivity contribution < 1.29 is 5.11 Å². The molecule has 0 radical (unpaired) electrons. The highest BCUT2D eigenvalue weighted by molar-refractivity contribution is 7.99. The number of hydrazine groups is 1. The van der Waals surface area contributed by atoms with Gasteiger partial charge in [-0.3, -0.25) is 0 Å². The highest BCUT2D eigenvalue weighted by atomic mass is 32.2. The Morgan fingerprint density at radius 2 is 1.94 bits per heavy atom. The number of aliphatic hydroxyl groups excluding tert-OH is 1. The maximum atomic E-state index is 8.66. The lowest BCUT2D eigenvalue weighted by molar-refractivity contribution is 0.296. The standard InChI is InChI=1S/C11H21N5OS/c1-8-10(13-4-7-18-6-3-5-17)14-9(2)15-11(8)16-12/h17H,3-7,12H2,1-2H3,(H2,13,14,15,16). The van der Waals surface area contributed by atoms with Crippen molar-refractivity contribution in [2.24, 2.45) is 5.84 Å². The third-order valence-corrected chi connectivity index (χ3v) is 3.45. The lowest BCUT2D eigenvalue weighted by Crippen LogP contribution is -2.15. The molecular weight excluding hydrogens is 250 g/mol. The van der Waals surface area contributed by atoms with Crippen molar-refractivity contribution >= 4 is 23.4 Å². The van der Waals surface area contributed by atoms with E-state index in [0.717, 1.165) is 35.9 Å². The van der Waals surface area contributed by atoms with Gasteiger partial charge in [-0.1, -0.05) is 0 Å². The molecule has 1 aromatic rings. The molecule has 0 aliphatic rings. The van der Waals surface area contributed by atoms with Crippen LogP contribution in [0, 0.1) is 13.8 Å².